The first-order chi connectivity index (χ1) is 32.3. The Kier molecular flexibility index (Phi) is 9.72. The van der Waals surface area contributed by atoms with E-state index in [1.54, 1.807) is 5.57 Å². The fourth-order valence-corrected chi connectivity index (χ4v) is 12.6. The molecule has 12 rings (SSSR count). The van der Waals surface area contributed by atoms with Crippen molar-refractivity contribution in [1.29, 1.82) is 0 Å². The van der Waals surface area contributed by atoms with Gasteiger partial charge in [-0.3, -0.25) is 0 Å². The van der Waals surface area contributed by atoms with Crippen LogP contribution in [0, 0.1) is 11.8 Å². The van der Waals surface area contributed by atoms with Crippen LogP contribution in [0.4, 0.5) is 0 Å². The smallest absolute Gasteiger partial charge is 0.0121 e. The lowest BCUT2D eigenvalue weighted by molar-refractivity contribution is 0.395. The molecule has 7 aromatic carbocycles. The number of allylic oxidation sites excluding steroid dienone is 12. The molecule has 0 saturated carbocycles. The molecule has 0 N–H and O–H groups in total. The lowest BCUT2D eigenvalue weighted by atomic mass is 9.70. The number of fused-ring (bicyclic) bond motifs is 5. The molecular formula is C66H56. The Hall–Kier alpha value is -7.02. The standard InChI is InChI=1S/C66H56/c1-65(2)59-39-47(31-35-55(59)57-37-33-49(41-61(57)65)63-51(43-19-9-5-10-20-43)27-17-28-52(63)44-21-11-6-12-22-44)48-32-36-56-58-38-34-50(42-62(58)66(3,4)60(56)40-48)64-53(45-23-13-7-14-24-45)29-18-30-54(64)46-25-15-8-16-26-46/h5-17,19-29,31-41,50,57,61H,18,30,42H2,1-4H3. The average molecular weight is 849 g/mol. The van der Waals surface area contributed by atoms with Gasteiger partial charge in [-0.15, -0.1) is 0 Å². The van der Waals surface area contributed by atoms with Crippen LogP contribution < -0.4 is 0 Å². The third-order valence-corrected chi connectivity index (χ3v) is 15.9. The van der Waals surface area contributed by atoms with Crippen LogP contribution in [0.2, 0.25) is 0 Å². The molecule has 66 heavy (non-hydrogen) atoms. The van der Waals surface area contributed by atoms with E-state index in [0.717, 1.165) is 19.3 Å². The first kappa shape index (κ1) is 40.5. The van der Waals surface area contributed by atoms with E-state index >= 15 is 0 Å². The van der Waals surface area contributed by atoms with Gasteiger partial charge in [0.25, 0.3) is 0 Å². The zero-order valence-corrected chi connectivity index (χ0v) is 38.6. The zero-order valence-electron chi connectivity index (χ0n) is 38.6. The molecule has 0 heterocycles. The Morgan fingerprint density at radius 3 is 1.74 bits per heavy atom. The van der Waals surface area contributed by atoms with Crippen LogP contribution in [-0.4, -0.2) is 0 Å². The van der Waals surface area contributed by atoms with Crippen molar-refractivity contribution in [3.05, 3.63) is 262 Å². The van der Waals surface area contributed by atoms with Gasteiger partial charge in [-0.2, -0.15) is 0 Å². The number of benzene rings is 7. The molecule has 0 aromatic heterocycles. The van der Waals surface area contributed by atoms with Gasteiger partial charge in [0.2, 0.25) is 0 Å². The summed E-state index contributed by atoms with van der Waals surface area (Å²) < 4.78 is 0. The van der Waals surface area contributed by atoms with E-state index < -0.39 is 0 Å². The lowest BCUT2D eigenvalue weighted by Crippen LogP contribution is -2.25. The summed E-state index contributed by atoms with van der Waals surface area (Å²) in [6.07, 6.45) is 18.2. The van der Waals surface area contributed by atoms with Crippen LogP contribution in [0.3, 0.4) is 0 Å². The molecule has 0 bridgehead atoms. The highest BCUT2D eigenvalue weighted by molar-refractivity contribution is 5.96. The Balaban J connectivity index is 0.871. The third kappa shape index (κ3) is 6.56. The molecule has 0 heteroatoms. The minimum Gasteiger partial charge on any atom is -0.0760 e. The second-order valence-corrected chi connectivity index (χ2v) is 20.2. The van der Waals surface area contributed by atoms with Crippen molar-refractivity contribution >= 4 is 22.3 Å². The van der Waals surface area contributed by atoms with Gasteiger partial charge in [-0.05, 0) is 137 Å². The summed E-state index contributed by atoms with van der Waals surface area (Å²) in [5.74, 6) is 0.982. The number of rotatable bonds is 7. The van der Waals surface area contributed by atoms with E-state index in [2.05, 4.69) is 240 Å². The maximum atomic E-state index is 2.61. The zero-order chi connectivity index (χ0) is 44.6. The highest BCUT2D eigenvalue weighted by atomic mass is 14.5. The Bertz CT molecular complexity index is 3180. The highest BCUT2D eigenvalue weighted by Crippen LogP contribution is 2.57. The van der Waals surface area contributed by atoms with Gasteiger partial charge in [0, 0.05) is 17.3 Å². The van der Waals surface area contributed by atoms with Gasteiger partial charge in [0.1, 0.15) is 0 Å². The minimum absolute atomic E-state index is 0.0590. The normalized spacial score (nSPS) is 20.9. The summed E-state index contributed by atoms with van der Waals surface area (Å²) in [5, 5.41) is 0. The molecule has 0 amide bonds. The molecule has 0 aliphatic heterocycles. The molecule has 0 nitrogen and oxygen atoms in total. The van der Waals surface area contributed by atoms with Crippen molar-refractivity contribution in [2.24, 2.45) is 11.8 Å². The molecule has 0 radical (unpaired) electrons. The monoisotopic (exact) mass is 848 g/mol. The van der Waals surface area contributed by atoms with Gasteiger partial charge in [-0.25, -0.2) is 0 Å². The predicted molar refractivity (Wildman–Crippen MR) is 280 cm³/mol. The summed E-state index contributed by atoms with van der Waals surface area (Å²) in [7, 11) is 0. The third-order valence-electron chi connectivity index (χ3n) is 15.9. The second kappa shape index (κ2) is 15.9. The number of hydrogen-bond donors (Lipinski definition) is 0. The van der Waals surface area contributed by atoms with E-state index in [-0.39, 0.29) is 10.8 Å². The minimum atomic E-state index is -0.0893. The van der Waals surface area contributed by atoms with Gasteiger partial charge in [0.05, 0.1) is 0 Å². The fraction of sp³-hybridized carbons (Fsp3) is 0.182. The second-order valence-electron chi connectivity index (χ2n) is 20.2. The summed E-state index contributed by atoms with van der Waals surface area (Å²) in [4.78, 5) is 0. The molecule has 5 aliphatic rings. The largest absolute Gasteiger partial charge is 0.0760 e. The van der Waals surface area contributed by atoms with Gasteiger partial charge >= 0.3 is 0 Å². The molecule has 3 atom stereocenters. The van der Waals surface area contributed by atoms with Crippen molar-refractivity contribution in [1.82, 2.24) is 0 Å². The number of hydrogen-bond acceptors (Lipinski definition) is 0. The Labute approximate surface area is 391 Å². The average Bonchev–Trinajstić information content (AvgIpc) is 3.74. The molecular weight excluding hydrogens is 793 g/mol. The van der Waals surface area contributed by atoms with E-state index in [1.165, 1.54) is 100 Å². The quantitative estimate of drug-likeness (QED) is 0.150. The van der Waals surface area contributed by atoms with E-state index in [9.17, 15) is 0 Å². The van der Waals surface area contributed by atoms with Crippen LogP contribution in [0.15, 0.2) is 224 Å². The van der Waals surface area contributed by atoms with Crippen LogP contribution >= 0.6 is 0 Å². The van der Waals surface area contributed by atoms with Gasteiger partial charge in [0.15, 0.2) is 0 Å². The van der Waals surface area contributed by atoms with Crippen LogP contribution in [0.25, 0.3) is 55.7 Å². The predicted octanol–water partition coefficient (Wildman–Crippen LogP) is 17.3. The molecule has 0 spiro atoms. The summed E-state index contributed by atoms with van der Waals surface area (Å²) >= 11 is 0. The first-order valence-corrected chi connectivity index (χ1v) is 24.2. The van der Waals surface area contributed by atoms with E-state index in [1.807, 2.05) is 0 Å². The van der Waals surface area contributed by atoms with Gasteiger partial charge in [-0.1, -0.05) is 240 Å². The van der Waals surface area contributed by atoms with E-state index in [0.29, 0.717) is 17.8 Å². The lowest BCUT2D eigenvalue weighted by Gasteiger charge is -2.33. The van der Waals surface area contributed by atoms with Crippen LogP contribution in [-0.2, 0) is 10.8 Å². The molecule has 5 aliphatic carbocycles. The molecule has 0 saturated heterocycles. The van der Waals surface area contributed by atoms with Crippen LogP contribution in [0.5, 0.6) is 0 Å². The van der Waals surface area contributed by atoms with Crippen molar-refractivity contribution in [2.45, 2.75) is 63.7 Å². The van der Waals surface area contributed by atoms with Crippen molar-refractivity contribution in [3.63, 3.8) is 0 Å². The fourth-order valence-electron chi connectivity index (χ4n) is 12.6. The van der Waals surface area contributed by atoms with Crippen molar-refractivity contribution < 1.29 is 0 Å². The maximum Gasteiger partial charge on any atom is 0.0121 e. The van der Waals surface area contributed by atoms with Gasteiger partial charge < -0.3 is 0 Å². The van der Waals surface area contributed by atoms with Crippen LogP contribution in [0.1, 0.15) is 91.8 Å². The topological polar surface area (TPSA) is 0 Å². The first-order valence-electron chi connectivity index (χ1n) is 24.2. The summed E-state index contributed by atoms with van der Waals surface area (Å²) in [6.45, 7) is 9.90. The van der Waals surface area contributed by atoms with Crippen molar-refractivity contribution in [2.75, 3.05) is 0 Å². The maximum absolute atomic E-state index is 2.61. The molecule has 7 aromatic rings. The Morgan fingerprint density at radius 2 is 1.09 bits per heavy atom. The molecule has 3 unspecified atom stereocenters. The highest BCUT2D eigenvalue weighted by Gasteiger charge is 2.46. The summed E-state index contributed by atoms with van der Waals surface area (Å²) in [5.41, 5.74) is 26.0. The molecule has 0 fully saturated rings. The molecule has 320 valence electrons. The summed E-state index contributed by atoms with van der Waals surface area (Å²) in [6, 6.07) is 65.6. The SMILES string of the molecule is CC1(C)C2=C(C=CC(C3=C(c4ccccc4)CCC=C3c3ccccc3)C2)c2ccc(-c3ccc4c(c3)C(C)(C)C3C=C(c5c(-c6ccccc6)cccc5-c5ccccc5)C=CC43)cc21. The van der Waals surface area contributed by atoms with E-state index in [4.69, 9.17) is 0 Å². The van der Waals surface area contributed by atoms with Crippen molar-refractivity contribution in [3.8, 4) is 33.4 Å². The Morgan fingerprint density at radius 1 is 0.500 bits per heavy atom.